The summed E-state index contributed by atoms with van der Waals surface area (Å²) < 4.78 is 27.1. The van der Waals surface area contributed by atoms with Crippen molar-refractivity contribution >= 4 is 47.3 Å². The molecule has 1 aliphatic rings. The Balaban J connectivity index is 0.00000132. The van der Waals surface area contributed by atoms with Crippen LogP contribution in [0, 0.1) is 17.6 Å². The molecular formula is C16H18Cl2F2N2O. The number of carbonyl (C=O) groups is 1. The smallest absolute Gasteiger partial charge is 0.227 e. The number of hydrogen-bond acceptors (Lipinski definition) is 2. The Morgan fingerprint density at radius 2 is 1.83 bits per heavy atom. The number of nitrogens with one attached hydrogen (secondary N) is 1. The molecule has 0 bridgehead atoms. The van der Waals surface area contributed by atoms with Crippen LogP contribution in [0.4, 0.5) is 14.5 Å². The van der Waals surface area contributed by atoms with E-state index in [-0.39, 0.29) is 42.2 Å². The number of fused-ring (bicyclic) bond motifs is 1. The maximum atomic E-state index is 13.7. The quantitative estimate of drug-likeness (QED) is 0.827. The van der Waals surface area contributed by atoms with Crippen LogP contribution < -0.4 is 5.32 Å². The van der Waals surface area contributed by atoms with Gasteiger partial charge in [-0.05, 0) is 25.0 Å². The predicted molar refractivity (Wildman–Crippen MR) is 91.4 cm³/mol. The molecule has 126 valence electrons. The first-order valence-electron chi connectivity index (χ1n) is 7.20. The lowest BCUT2D eigenvalue weighted by Gasteiger charge is -2.21. The van der Waals surface area contributed by atoms with Gasteiger partial charge in [-0.2, -0.15) is 0 Å². The highest BCUT2D eigenvalue weighted by Crippen LogP contribution is 2.28. The van der Waals surface area contributed by atoms with Gasteiger partial charge in [0.15, 0.2) is 5.82 Å². The highest BCUT2D eigenvalue weighted by Gasteiger charge is 2.22. The summed E-state index contributed by atoms with van der Waals surface area (Å²) in [6, 6.07) is 3.56. The summed E-state index contributed by atoms with van der Waals surface area (Å²) in [7, 11) is 0. The molecule has 7 heteroatoms. The maximum absolute atomic E-state index is 13.7. The predicted octanol–water partition coefficient (Wildman–Crippen LogP) is 4.88. The number of aromatic nitrogens is 1. The Kier molecular flexibility index (Phi) is 7.16. The molecule has 0 spiro atoms. The molecule has 1 N–H and O–H groups in total. The fraction of sp³-hybridized carbons (Fsp3) is 0.375. The number of nitrogens with zero attached hydrogens (tertiary/aromatic N) is 1. The topological polar surface area (TPSA) is 42.0 Å². The van der Waals surface area contributed by atoms with Crippen LogP contribution in [0.2, 0.25) is 0 Å². The third kappa shape index (κ3) is 4.30. The molecule has 3 rings (SSSR count). The third-order valence-corrected chi connectivity index (χ3v) is 4.00. The molecule has 0 radical (unpaired) electrons. The van der Waals surface area contributed by atoms with E-state index in [4.69, 9.17) is 0 Å². The molecule has 0 atom stereocenters. The van der Waals surface area contributed by atoms with Crippen molar-refractivity contribution < 1.29 is 13.6 Å². The number of pyridine rings is 1. The number of hydrogen-bond donors (Lipinski definition) is 1. The number of anilines is 1. The second-order valence-electron chi connectivity index (χ2n) is 5.47. The molecule has 0 aliphatic heterocycles. The fourth-order valence-electron chi connectivity index (χ4n) is 2.89. The van der Waals surface area contributed by atoms with Crippen molar-refractivity contribution in [3.8, 4) is 0 Å². The largest absolute Gasteiger partial charge is 0.325 e. The summed E-state index contributed by atoms with van der Waals surface area (Å²) in [5.41, 5.74) is 0.479. The fourth-order valence-corrected chi connectivity index (χ4v) is 2.89. The zero-order valence-electron chi connectivity index (χ0n) is 12.4. The van der Waals surface area contributed by atoms with E-state index >= 15 is 0 Å². The van der Waals surface area contributed by atoms with Crippen molar-refractivity contribution in [1.82, 2.24) is 4.98 Å². The Morgan fingerprint density at radius 1 is 1.13 bits per heavy atom. The summed E-state index contributed by atoms with van der Waals surface area (Å²) in [6.07, 6.45) is 6.43. The average Bonchev–Trinajstić information content (AvgIpc) is 2.49. The number of carbonyl (C=O) groups excluding carboxylic acids is 1. The van der Waals surface area contributed by atoms with E-state index in [0.717, 1.165) is 31.7 Å². The van der Waals surface area contributed by atoms with Crippen LogP contribution in [0.3, 0.4) is 0 Å². The maximum Gasteiger partial charge on any atom is 0.227 e. The molecule has 0 unspecified atom stereocenters. The molecule has 1 aromatic carbocycles. The van der Waals surface area contributed by atoms with Crippen LogP contribution in [0.1, 0.15) is 32.1 Å². The Morgan fingerprint density at radius 3 is 2.52 bits per heavy atom. The number of halogens is 4. The zero-order valence-corrected chi connectivity index (χ0v) is 14.0. The molecule has 0 saturated heterocycles. The van der Waals surface area contributed by atoms with Crippen LogP contribution in [0.15, 0.2) is 24.4 Å². The van der Waals surface area contributed by atoms with E-state index in [1.807, 2.05) is 0 Å². The summed E-state index contributed by atoms with van der Waals surface area (Å²) in [4.78, 5) is 16.2. The number of benzene rings is 1. The first kappa shape index (κ1) is 19.6. The van der Waals surface area contributed by atoms with Crippen LogP contribution >= 0.6 is 24.8 Å². The minimum absolute atomic E-state index is 0. The van der Waals surface area contributed by atoms with Gasteiger partial charge < -0.3 is 5.32 Å². The van der Waals surface area contributed by atoms with Crippen LogP contribution in [0.5, 0.6) is 0 Å². The van der Waals surface area contributed by atoms with Gasteiger partial charge in [0.25, 0.3) is 0 Å². The lowest BCUT2D eigenvalue weighted by Crippen LogP contribution is -2.24. The molecule has 1 aromatic heterocycles. The third-order valence-electron chi connectivity index (χ3n) is 4.00. The number of rotatable bonds is 2. The van der Waals surface area contributed by atoms with Gasteiger partial charge >= 0.3 is 0 Å². The van der Waals surface area contributed by atoms with Crippen molar-refractivity contribution in [1.29, 1.82) is 0 Å². The second-order valence-corrected chi connectivity index (χ2v) is 5.47. The van der Waals surface area contributed by atoms with E-state index < -0.39 is 11.6 Å². The van der Waals surface area contributed by atoms with E-state index in [1.165, 1.54) is 18.7 Å². The molecule has 1 aliphatic carbocycles. The standard InChI is InChI=1S/C16H16F2N2O.2ClH/c17-11-8-12-14(6-7-19-15(12)13(18)9-11)20-16(21)10-4-2-1-3-5-10;;/h6-10H,1-5H2,(H,19,20,21);2*1H. The summed E-state index contributed by atoms with van der Waals surface area (Å²) in [6.45, 7) is 0. The van der Waals surface area contributed by atoms with Crippen molar-refractivity contribution in [2.45, 2.75) is 32.1 Å². The van der Waals surface area contributed by atoms with Gasteiger partial charge in [-0.15, -0.1) is 24.8 Å². The Labute approximate surface area is 145 Å². The van der Waals surface area contributed by atoms with Gasteiger partial charge in [-0.1, -0.05) is 19.3 Å². The first-order chi connectivity index (χ1) is 10.1. The minimum Gasteiger partial charge on any atom is -0.325 e. The van der Waals surface area contributed by atoms with E-state index in [9.17, 15) is 13.6 Å². The van der Waals surface area contributed by atoms with Crippen molar-refractivity contribution in [3.63, 3.8) is 0 Å². The van der Waals surface area contributed by atoms with E-state index in [1.54, 1.807) is 6.07 Å². The highest BCUT2D eigenvalue weighted by atomic mass is 35.5. The Bertz CT molecular complexity index is 691. The zero-order chi connectivity index (χ0) is 14.8. The van der Waals surface area contributed by atoms with Gasteiger partial charge in [-0.3, -0.25) is 9.78 Å². The second kappa shape index (κ2) is 8.41. The molecule has 23 heavy (non-hydrogen) atoms. The van der Waals surface area contributed by atoms with E-state index in [2.05, 4.69) is 10.3 Å². The van der Waals surface area contributed by atoms with Crippen LogP contribution in [0.25, 0.3) is 10.9 Å². The van der Waals surface area contributed by atoms with E-state index in [0.29, 0.717) is 11.1 Å². The molecule has 1 saturated carbocycles. The Hall–Kier alpha value is -1.46. The van der Waals surface area contributed by atoms with Crippen LogP contribution in [-0.2, 0) is 4.79 Å². The molecule has 2 aromatic rings. The van der Waals surface area contributed by atoms with Gasteiger partial charge in [0.1, 0.15) is 11.3 Å². The van der Waals surface area contributed by atoms with Gasteiger partial charge in [-0.25, -0.2) is 8.78 Å². The van der Waals surface area contributed by atoms with Gasteiger partial charge in [0, 0.05) is 23.6 Å². The van der Waals surface area contributed by atoms with Crippen molar-refractivity contribution in [3.05, 3.63) is 36.0 Å². The lowest BCUT2D eigenvalue weighted by molar-refractivity contribution is -0.120. The summed E-state index contributed by atoms with van der Waals surface area (Å²) >= 11 is 0. The highest BCUT2D eigenvalue weighted by molar-refractivity contribution is 6.01. The normalized spacial score (nSPS) is 14.7. The van der Waals surface area contributed by atoms with Crippen molar-refractivity contribution in [2.24, 2.45) is 5.92 Å². The van der Waals surface area contributed by atoms with Gasteiger partial charge in [0.05, 0.1) is 5.69 Å². The average molecular weight is 363 g/mol. The lowest BCUT2D eigenvalue weighted by atomic mass is 9.88. The molecule has 1 amide bonds. The molecule has 1 fully saturated rings. The first-order valence-corrected chi connectivity index (χ1v) is 7.20. The summed E-state index contributed by atoms with van der Waals surface area (Å²) in [5, 5.41) is 3.09. The SMILES string of the molecule is Cl.Cl.O=C(Nc1ccnc2c(F)cc(F)cc12)C1CCCCC1. The molecular weight excluding hydrogens is 345 g/mol. The molecule has 3 nitrogen and oxygen atoms in total. The van der Waals surface area contributed by atoms with Crippen molar-refractivity contribution in [2.75, 3.05) is 5.32 Å². The van der Waals surface area contributed by atoms with Crippen LogP contribution in [-0.4, -0.2) is 10.9 Å². The molecule has 1 heterocycles. The minimum atomic E-state index is -0.723. The summed E-state index contributed by atoms with van der Waals surface area (Å²) in [5.74, 6) is -1.49. The number of amides is 1. The van der Waals surface area contributed by atoms with Gasteiger partial charge in [0.2, 0.25) is 5.91 Å². The monoisotopic (exact) mass is 362 g/mol.